The van der Waals surface area contributed by atoms with E-state index in [1.54, 1.807) is 6.92 Å². The maximum absolute atomic E-state index is 14.6. The van der Waals surface area contributed by atoms with Crippen molar-refractivity contribution < 1.29 is 49.0 Å². The minimum Gasteiger partial charge on any atom is -0.476 e. The zero-order valence-corrected chi connectivity index (χ0v) is 24.2. The fraction of sp³-hybridized carbons (Fsp3) is 0.577. The second-order valence-corrected chi connectivity index (χ2v) is 11.4. The van der Waals surface area contributed by atoms with Crippen LogP contribution < -0.4 is 21.6 Å². The number of ether oxygens (including phenoxy) is 3. The Labute approximate surface area is 253 Å². The zero-order valence-electron chi connectivity index (χ0n) is 24.2. The van der Waals surface area contributed by atoms with Crippen LogP contribution in [0, 0.1) is 12.3 Å². The molecule has 3 aliphatic rings. The summed E-state index contributed by atoms with van der Waals surface area (Å²) < 4.78 is 33.7. The van der Waals surface area contributed by atoms with Gasteiger partial charge in [-0.3, -0.25) is 14.0 Å². The molecule has 0 aromatic carbocycles. The summed E-state index contributed by atoms with van der Waals surface area (Å²) in [5, 5.41) is 53.8. The second-order valence-electron chi connectivity index (χ2n) is 11.4. The highest BCUT2D eigenvalue weighted by molar-refractivity contribution is 5.77. The molecular formula is C26H31FN8O10. The van der Waals surface area contributed by atoms with Crippen LogP contribution in [-0.2, 0) is 14.3 Å². The zero-order chi connectivity index (χ0) is 32.7. The molecule has 9 atom stereocenters. The Morgan fingerprint density at radius 1 is 1.18 bits per heavy atom. The van der Waals surface area contributed by atoms with Crippen molar-refractivity contribution in [1.29, 1.82) is 0 Å². The third-order valence-electron chi connectivity index (χ3n) is 8.76. The fourth-order valence-electron chi connectivity index (χ4n) is 6.30. The van der Waals surface area contributed by atoms with Gasteiger partial charge in [0.1, 0.15) is 30.1 Å². The molecule has 5 heterocycles. The van der Waals surface area contributed by atoms with E-state index in [-0.39, 0.29) is 35.4 Å². The van der Waals surface area contributed by atoms with E-state index in [0.29, 0.717) is 0 Å². The summed E-state index contributed by atoms with van der Waals surface area (Å²) >= 11 is 0. The van der Waals surface area contributed by atoms with Crippen molar-refractivity contribution in [2.45, 2.75) is 73.4 Å². The molecule has 45 heavy (non-hydrogen) atoms. The molecule has 1 aliphatic carbocycles. The molecule has 0 radical (unpaired) electrons. The number of nitrogens with one attached hydrogen (secondary N) is 1. The molecule has 2 aliphatic heterocycles. The summed E-state index contributed by atoms with van der Waals surface area (Å²) in [7, 11) is 0. The van der Waals surface area contributed by atoms with Crippen LogP contribution in [-0.4, -0.2) is 115 Å². The van der Waals surface area contributed by atoms with Gasteiger partial charge >= 0.3 is 5.69 Å². The molecule has 8 N–H and O–H groups in total. The predicted molar refractivity (Wildman–Crippen MR) is 148 cm³/mol. The molecule has 3 fully saturated rings. The summed E-state index contributed by atoms with van der Waals surface area (Å²) in [4.78, 5) is 34.9. The van der Waals surface area contributed by atoms with Gasteiger partial charge in [-0.05, 0) is 26.8 Å². The van der Waals surface area contributed by atoms with Crippen LogP contribution in [0.15, 0.2) is 23.4 Å². The van der Waals surface area contributed by atoms with E-state index < -0.39 is 71.6 Å². The summed E-state index contributed by atoms with van der Waals surface area (Å²) in [6.45, 7) is 2.26. The van der Waals surface area contributed by atoms with E-state index in [9.17, 15) is 34.7 Å². The molecular weight excluding hydrogens is 603 g/mol. The molecule has 0 spiro atoms. The largest absolute Gasteiger partial charge is 0.476 e. The highest BCUT2D eigenvalue weighted by Gasteiger charge is 2.94. The van der Waals surface area contributed by atoms with Crippen molar-refractivity contribution in [3.8, 4) is 18.2 Å². The lowest BCUT2D eigenvalue weighted by Gasteiger charge is -2.34. The summed E-state index contributed by atoms with van der Waals surface area (Å²) in [6.07, 6.45) is 1.40. The minimum absolute atomic E-state index is 0.0793. The predicted octanol–water partition coefficient (Wildman–Crippen LogP) is -2.49. The minimum atomic E-state index is -2.17. The standard InChI is InChI=1S/C26H31FN8O10/c1-5-24(10-36)16(37)22(3,40)18(43-24)34-8-7-12(30-21(34)39)33-45-26-17(38)25(26,9-27)44-19(23(26,4)41)35-11-29-13-14(35)31-20(28)32-15(13)42-6-2/h1,7-8,11,16-19,36-38,40-41H,6,9-10H2,2-4H3,(H2,28,31,32)(H,30,33,39)/t16-,17?,18+,19+,22+,23-,24+,25+,26-/m0/s1. The van der Waals surface area contributed by atoms with E-state index in [1.807, 2.05) is 0 Å². The summed E-state index contributed by atoms with van der Waals surface area (Å²) in [5.41, 5.74) is -2.99. The van der Waals surface area contributed by atoms with Gasteiger partial charge in [-0.15, -0.1) is 6.42 Å². The molecule has 3 aromatic rings. The monoisotopic (exact) mass is 634 g/mol. The normalized spacial score (nSPS) is 38.7. The SMILES string of the molecule is C#C[C@]1(CO)O[C@@H](n2ccc(NO[C@]34C(O)[C@@]3(CF)O[C@@H](n3cnc5c(OCC)nc(N)nc53)[C@]4(C)O)nc2=O)[C@](C)(O)[C@@H]1O. The van der Waals surface area contributed by atoms with Gasteiger partial charge in [0, 0.05) is 6.20 Å². The smallest absolute Gasteiger partial charge is 0.351 e. The van der Waals surface area contributed by atoms with E-state index >= 15 is 0 Å². The van der Waals surface area contributed by atoms with Crippen molar-refractivity contribution in [2.24, 2.45) is 0 Å². The van der Waals surface area contributed by atoms with Gasteiger partial charge < -0.3 is 45.5 Å². The van der Waals surface area contributed by atoms with Crippen LogP contribution in [0.25, 0.3) is 11.2 Å². The number of aromatic nitrogens is 6. The quantitative estimate of drug-likeness (QED) is 0.0949. The first-order chi connectivity index (χ1) is 21.2. The number of rotatable bonds is 9. The van der Waals surface area contributed by atoms with Crippen LogP contribution in [0.3, 0.4) is 0 Å². The first-order valence-electron chi connectivity index (χ1n) is 13.7. The summed E-state index contributed by atoms with van der Waals surface area (Å²) in [6, 6.07) is 1.20. The van der Waals surface area contributed by atoms with Crippen molar-refractivity contribution >= 4 is 22.9 Å². The Morgan fingerprint density at radius 3 is 2.51 bits per heavy atom. The second kappa shape index (κ2) is 10.0. The first kappa shape index (κ1) is 31.0. The molecule has 3 aromatic heterocycles. The molecule has 0 amide bonds. The number of nitrogen functional groups attached to an aromatic ring is 1. The lowest BCUT2D eigenvalue weighted by Crippen LogP contribution is -2.51. The lowest BCUT2D eigenvalue weighted by molar-refractivity contribution is -0.171. The fourth-order valence-corrected chi connectivity index (χ4v) is 6.30. The number of anilines is 2. The third kappa shape index (κ3) is 3.88. The number of fused-ring (bicyclic) bond motifs is 2. The number of hydrogen-bond donors (Lipinski definition) is 7. The number of aliphatic hydroxyl groups is 5. The average Bonchev–Trinajstić information content (AvgIpc) is 3.22. The van der Waals surface area contributed by atoms with Gasteiger partial charge in [-0.1, -0.05) is 5.92 Å². The molecule has 1 unspecified atom stereocenters. The number of nitrogens with zero attached hydrogens (tertiary/aromatic N) is 6. The van der Waals surface area contributed by atoms with Crippen molar-refractivity contribution in [1.82, 2.24) is 29.1 Å². The third-order valence-corrected chi connectivity index (χ3v) is 8.76. The number of aliphatic hydroxyl groups excluding tert-OH is 3. The topological polar surface area (TPSA) is 255 Å². The maximum atomic E-state index is 14.6. The lowest BCUT2D eigenvalue weighted by atomic mass is 9.88. The highest BCUT2D eigenvalue weighted by atomic mass is 19.1. The molecule has 6 rings (SSSR count). The molecule has 242 valence electrons. The molecule has 2 saturated heterocycles. The van der Waals surface area contributed by atoms with Gasteiger partial charge in [-0.25, -0.2) is 19.6 Å². The average molecular weight is 635 g/mol. The number of alkyl halides is 1. The van der Waals surface area contributed by atoms with E-state index in [1.165, 1.54) is 30.8 Å². The molecule has 0 bridgehead atoms. The van der Waals surface area contributed by atoms with Gasteiger partial charge in [0.2, 0.25) is 11.8 Å². The van der Waals surface area contributed by atoms with Crippen molar-refractivity contribution in [3.05, 3.63) is 29.1 Å². The van der Waals surface area contributed by atoms with Crippen LogP contribution in [0.4, 0.5) is 16.2 Å². The van der Waals surface area contributed by atoms with Gasteiger partial charge in [0.25, 0.3) is 0 Å². The molecule has 19 heteroatoms. The van der Waals surface area contributed by atoms with Crippen LogP contribution in [0.2, 0.25) is 0 Å². The van der Waals surface area contributed by atoms with Gasteiger partial charge in [0.05, 0.1) is 19.5 Å². The van der Waals surface area contributed by atoms with Gasteiger partial charge in [0.15, 0.2) is 46.2 Å². The van der Waals surface area contributed by atoms with Crippen molar-refractivity contribution in [2.75, 3.05) is 31.1 Å². The highest BCUT2D eigenvalue weighted by Crippen LogP contribution is 2.69. The number of imidazole rings is 1. The van der Waals surface area contributed by atoms with Crippen LogP contribution >= 0.6 is 0 Å². The Balaban J connectivity index is 1.29. The Morgan fingerprint density at radius 2 is 1.91 bits per heavy atom. The summed E-state index contributed by atoms with van der Waals surface area (Å²) in [5.74, 6) is 1.78. The number of nitrogens with two attached hydrogens (primary N) is 1. The first-order valence-corrected chi connectivity index (χ1v) is 13.7. The Kier molecular flexibility index (Phi) is 6.89. The molecule has 18 nitrogen and oxygen atoms in total. The van der Waals surface area contributed by atoms with Crippen LogP contribution in [0.5, 0.6) is 5.88 Å². The number of hydrogen-bond acceptors (Lipinski definition) is 16. The van der Waals surface area contributed by atoms with Crippen molar-refractivity contribution in [3.63, 3.8) is 0 Å². The van der Waals surface area contributed by atoms with Gasteiger partial charge in [-0.2, -0.15) is 15.0 Å². The molecule has 1 saturated carbocycles. The maximum Gasteiger partial charge on any atom is 0.351 e. The van der Waals surface area contributed by atoms with E-state index in [0.717, 1.165) is 10.8 Å². The number of terminal acetylenes is 1. The van der Waals surface area contributed by atoms with Crippen LogP contribution in [0.1, 0.15) is 33.2 Å². The Bertz CT molecular complexity index is 1760. The Hall–Kier alpha value is -4.00. The number of halogens is 1. The van der Waals surface area contributed by atoms with E-state index in [2.05, 4.69) is 31.3 Å². The van der Waals surface area contributed by atoms with E-state index in [4.69, 9.17) is 31.2 Å².